The van der Waals surface area contributed by atoms with Gasteiger partial charge in [-0.15, -0.1) is 0 Å². The fraction of sp³-hybridized carbons (Fsp3) is 0.312. The summed E-state index contributed by atoms with van der Waals surface area (Å²) >= 11 is 11.5. The third kappa shape index (κ3) is 3.57. The number of nitrogens with zero attached hydrogens (tertiary/aromatic N) is 2. The number of rotatable bonds is 3. The van der Waals surface area contributed by atoms with Crippen molar-refractivity contribution >= 4 is 29.0 Å². The Morgan fingerprint density at radius 2 is 1.77 bits per heavy atom. The molecule has 0 N–H and O–H groups in total. The van der Waals surface area contributed by atoms with Crippen LogP contribution in [0.15, 0.2) is 35.3 Å². The number of hydrogen-bond acceptors (Lipinski definition) is 3. The second kappa shape index (κ2) is 6.23. The van der Waals surface area contributed by atoms with Crippen molar-refractivity contribution in [2.45, 2.75) is 32.7 Å². The number of carbonyl (C=O) groups excluding carboxylic acids is 1. The van der Waals surface area contributed by atoms with Crippen LogP contribution in [0.5, 0.6) is 0 Å². The van der Waals surface area contributed by atoms with Gasteiger partial charge in [-0.1, -0.05) is 68.2 Å². The highest BCUT2D eigenvalue weighted by Gasteiger charge is 2.15. The molecule has 1 heterocycles. The summed E-state index contributed by atoms with van der Waals surface area (Å²) in [5.74, 6) is -0.214. The van der Waals surface area contributed by atoms with Gasteiger partial charge in [0, 0.05) is 5.56 Å². The topological polar surface area (TPSA) is 52.0 Å². The molecule has 0 spiro atoms. The Labute approximate surface area is 138 Å². The number of halogens is 2. The van der Waals surface area contributed by atoms with Crippen LogP contribution < -0.4 is 5.56 Å². The summed E-state index contributed by atoms with van der Waals surface area (Å²) in [6.07, 6.45) is 1.25. The monoisotopic (exact) mass is 338 g/mol. The van der Waals surface area contributed by atoms with Crippen molar-refractivity contribution in [2.24, 2.45) is 0 Å². The Morgan fingerprint density at radius 3 is 2.32 bits per heavy atom. The normalized spacial score (nSPS) is 11.5. The van der Waals surface area contributed by atoms with Gasteiger partial charge in [-0.2, -0.15) is 5.10 Å². The van der Waals surface area contributed by atoms with E-state index in [2.05, 4.69) is 25.9 Å². The largest absolute Gasteiger partial charge is 0.292 e. The molecule has 22 heavy (non-hydrogen) atoms. The van der Waals surface area contributed by atoms with Gasteiger partial charge in [-0.3, -0.25) is 9.59 Å². The SMILES string of the molecule is CC(C)(C)c1ccc(C(=O)Cn2ncc(Cl)c(Cl)c2=O)cc1. The minimum Gasteiger partial charge on any atom is -0.292 e. The van der Waals surface area contributed by atoms with Gasteiger partial charge in [0.1, 0.15) is 11.6 Å². The quantitative estimate of drug-likeness (QED) is 0.801. The Hall–Kier alpha value is -1.65. The first-order valence-electron chi connectivity index (χ1n) is 6.75. The molecule has 6 heteroatoms. The van der Waals surface area contributed by atoms with E-state index in [0.717, 1.165) is 10.2 Å². The Bertz CT molecular complexity index is 759. The predicted octanol–water partition coefficient (Wildman–Crippen LogP) is 3.73. The van der Waals surface area contributed by atoms with Crippen molar-refractivity contribution in [3.63, 3.8) is 0 Å². The lowest BCUT2D eigenvalue weighted by Gasteiger charge is -2.19. The molecule has 2 aromatic rings. The Balaban J connectivity index is 2.23. The first-order valence-corrected chi connectivity index (χ1v) is 7.50. The summed E-state index contributed by atoms with van der Waals surface area (Å²) in [6, 6.07) is 7.34. The number of carbonyl (C=O) groups is 1. The van der Waals surface area contributed by atoms with Crippen molar-refractivity contribution in [3.05, 3.63) is 62.0 Å². The molecule has 0 unspecified atom stereocenters. The van der Waals surface area contributed by atoms with E-state index in [1.165, 1.54) is 6.20 Å². The summed E-state index contributed by atoms with van der Waals surface area (Å²) in [5.41, 5.74) is 1.10. The van der Waals surface area contributed by atoms with Crippen LogP contribution in [0.25, 0.3) is 0 Å². The van der Waals surface area contributed by atoms with Crippen molar-refractivity contribution in [1.29, 1.82) is 0 Å². The highest BCUT2D eigenvalue weighted by Crippen LogP contribution is 2.22. The van der Waals surface area contributed by atoms with Crippen LogP contribution in [0, 0.1) is 0 Å². The van der Waals surface area contributed by atoms with Crippen LogP contribution in [-0.4, -0.2) is 15.6 Å². The van der Waals surface area contributed by atoms with Crippen molar-refractivity contribution in [3.8, 4) is 0 Å². The van der Waals surface area contributed by atoms with Gasteiger partial charge in [-0.25, -0.2) is 4.68 Å². The minimum atomic E-state index is -0.575. The second-order valence-corrected chi connectivity index (χ2v) is 6.80. The predicted molar refractivity (Wildman–Crippen MR) is 88.0 cm³/mol. The van der Waals surface area contributed by atoms with Gasteiger partial charge in [0.25, 0.3) is 5.56 Å². The van der Waals surface area contributed by atoms with Crippen LogP contribution >= 0.6 is 23.2 Å². The van der Waals surface area contributed by atoms with E-state index in [9.17, 15) is 9.59 Å². The lowest BCUT2D eigenvalue weighted by Crippen LogP contribution is -2.27. The summed E-state index contributed by atoms with van der Waals surface area (Å²) in [4.78, 5) is 24.1. The molecule has 0 radical (unpaired) electrons. The van der Waals surface area contributed by atoms with Crippen molar-refractivity contribution in [1.82, 2.24) is 9.78 Å². The summed E-state index contributed by atoms with van der Waals surface area (Å²) in [7, 11) is 0. The number of aromatic nitrogens is 2. The molecule has 0 atom stereocenters. The van der Waals surface area contributed by atoms with E-state index in [1.54, 1.807) is 12.1 Å². The minimum absolute atomic E-state index is 0.0176. The van der Waals surface area contributed by atoms with Crippen molar-refractivity contribution < 1.29 is 4.79 Å². The summed E-state index contributed by atoms with van der Waals surface area (Å²) < 4.78 is 1.01. The molecule has 1 aromatic carbocycles. The smallest absolute Gasteiger partial charge is 0.287 e. The van der Waals surface area contributed by atoms with E-state index in [1.807, 2.05) is 12.1 Å². The van der Waals surface area contributed by atoms with Gasteiger partial charge < -0.3 is 0 Å². The molecule has 0 saturated heterocycles. The zero-order chi connectivity index (χ0) is 16.5. The molecule has 0 bridgehead atoms. The maximum Gasteiger partial charge on any atom is 0.287 e. The Morgan fingerprint density at radius 1 is 1.18 bits per heavy atom. The molecule has 0 fully saturated rings. The molecular weight excluding hydrogens is 323 g/mol. The van der Waals surface area contributed by atoms with Gasteiger partial charge >= 0.3 is 0 Å². The molecule has 0 aliphatic rings. The molecule has 1 aromatic heterocycles. The van der Waals surface area contributed by atoms with E-state index >= 15 is 0 Å². The molecule has 0 aliphatic heterocycles. The number of benzene rings is 1. The van der Waals surface area contributed by atoms with Crippen molar-refractivity contribution in [2.75, 3.05) is 0 Å². The van der Waals surface area contributed by atoms with Gasteiger partial charge in [-0.05, 0) is 11.0 Å². The van der Waals surface area contributed by atoms with E-state index in [0.29, 0.717) is 5.56 Å². The number of hydrogen-bond donors (Lipinski definition) is 0. The molecule has 0 saturated carbocycles. The van der Waals surface area contributed by atoms with Crippen LogP contribution in [0.2, 0.25) is 10.0 Å². The molecule has 0 aliphatic carbocycles. The molecule has 116 valence electrons. The zero-order valence-electron chi connectivity index (χ0n) is 12.6. The maximum atomic E-state index is 12.2. The maximum absolute atomic E-state index is 12.2. The van der Waals surface area contributed by atoms with Crippen LogP contribution in [0.3, 0.4) is 0 Å². The third-order valence-electron chi connectivity index (χ3n) is 3.31. The number of ketones is 1. The fourth-order valence-electron chi connectivity index (χ4n) is 1.94. The van der Waals surface area contributed by atoms with Crippen LogP contribution in [0.4, 0.5) is 0 Å². The fourth-order valence-corrected chi connectivity index (χ4v) is 2.21. The first kappa shape index (κ1) is 16.7. The molecule has 2 rings (SSSR count). The highest BCUT2D eigenvalue weighted by atomic mass is 35.5. The van der Waals surface area contributed by atoms with Gasteiger partial charge in [0.05, 0.1) is 11.2 Å². The van der Waals surface area contributed by atoms with Gasteiger partial charge in [0.15, 0.2) is 5.78 Å². The lowest BCUT2D eigenvalue weighted by molar-refractivity contribution is 0.0965. The summed E-state index contributed by atoms with van der Waals surface area (Å²) in [5, 5.41) is 3.77. The molecular formula is C16H16Cl2N2O2. The van der Waals surface area contributed by atoms with Gasteiger partial charge in [0.2, 0.25) is 0 Å². The molecule has 0 amide bonds. The lowest BCUT2D eigenvalue weighted by atomic mass is 9.86. The highest BCUT2D eigenvalue weighted by molar-refractivity contribution is 6.41. The summed E-state index contributed by atoms with van der Waals surface area (Å²) in [6.45, 7) is 6.12. The van der Waals surface area contributed by atoms with Crippen LogP contribution in [0.1, 0.15) is 36.7 Å². The van der Waals surface area contributed by atoms with E-state index in [-0.39, 0.29) is 27.8 Å². The van der Waals surface area contributed by atoms with E-state index < -0.39 is 5.56 Å². The average Bonchev–Trinajstić information content (AvgIpc) is 2.47. The zero-order valence-corrected chi connectivity index (χ0v) is 14.1. The van der Waals surface area contributed by atoms with E-state index in [4.69, 9.17) is 23.2 Å². The second-order valence-electron chi connectivity index (χ2n) is 6.02. The van der Waals surface area contributed by atoms with Crippen LogP contribution in [-0.2, 0) is 12.0 Å². The molecule has 4 nitrogen and oxygen atoms in total. The standard InChI is InChI=1S/C16H16Cl2N2O2/c1-16(2,3)11-6-4-10(5-7-11)13(21)9-20-15(22)14(18)12(17)8-19-20/h4-8H,9H2,1-3H3. The first-order chi connectivity index (χ1) is 10.2. The third-order valence-corrected chi connectivity index (χ3v) is 4.06. The Kier molecular flexibility index (Phi) is 4.73. The number of Topliss-reactive ketones (excluding diaryl/α,β-unsaturated/α-hetero) is 1. The average molecular weight is 339 g/mol.